The van der Waals surface area contributed by atoms with Crippen molar-refractivity contribution in [3.05, 3.63) is 27.8 Å². The number of nitrogens with one attached hydrogen (secondary N) is 1. The molecule has 0 unspecified atom stereocenters. The van der Waals surface area contributed by atoms with Crippen LogP contribution >= 0.6 is 0 Å². The Morgan fingerprint density at radius 2 is 1.67 bits per heavy atom. The van der Waals surface area contributed by atoms with E-state index < -0.39 is 0 Å². The van der Waals surface area contributed by atoms with Crippen molar-refractivity contribution in [1.29, 1.82) is 0 Å². The minimum atomic E-state index is -0.252. The van der Waals surface area contributed by atoms with Gasteiger partial charge in [-0.15, -0.1) is 0 Å². The Morgan fingerprint density at radius 3 is 2.29 bits per heavy atom. The molecule has 21 heavy (non-hydrogen) atoms. The largest absolute Gasteiger partial charge is 0.371 e. The maximum Gasteiger partial charge on any atom is 0.292 e. The van der Waals surface area contributed by atoms with E-state index in [0.29, 0.717) is 0 Å². The molecule has 0 radical (unpaired) electrons. The van der Waals surface area contributed by atoms with Gasteiger partial charge in [0.2, 0.25) is 0 Å². The molecule has 0 aliphatic carbocycles. The molecule has 2 saturated heterocycles. The molecular formula is C15H22N4O2. The topological polar surface area (TPSA) is 61.7 Å². The molecule has 0 bridgehead atoms. The summed E-state index contributed by atoms with van der Waals surface area (Å²) in [6, 6.07) is 3.77. The summed E-state index contributed by atoms with van der Waals surface area (Å²) >= 11 is 0. The van der Waals surface area contributed by atoms with Crippen LogP contribution in [0.5, 0.6) is 0 Å². The number of anilines is 2. The first-order valence-corrected chi connectivity index (χ1v) is 7.66. The molecule has 1 aromatic rings. The van der Waals surface area contributed by atoms with Crippen molar-refractivity contribution in [2.45, 2.75) is 19.8 Å². The number of hydrogen-bond acceptors (Lipinski definition) is 5. The monoisotopic (exact) mass is 290 g/mol. The zero-order valence-corrected chi connectivity index (χ0v) is 12.5. The summed E-state index contributed by atoms with van der Waals surface area (Å²) in [6.07, 6.45) is 2.42. The quantitative estimate of drug-likeness (QED) is 0.680. The first-order valence-electron chi connectivity index (χ1n) is 7.66. The van der Waals surface area contributed by atoms with Gasteiger partial charge in [0.15, 0.2) is 0 Å². The molecule has 2 heterocycles. The highest BCUT2D eigenvalue weighted by molar-refractivity contribution is 5.73. The third kappa shape index (κ3) is 2.81. The van der Waals surface area contributed by atoms with Crippen molar-refractivity contribution < 1.29 is 4.92 Å². The van der Waals surface area contributed by atoms with Gasteiger partial charge in [0.1, 0.15) is 5.69 Å². The summed E-state index contributed by atoms with van der Waals surface area (Å²) < 4.78 is 0. The molecule has 0 amide bonds. The summed E-state index contributed by atoms with van der Waals surface area (Å²) in [7, 11) is 0. The molecule has 1 N–H and O–H groups in total. The number of rotatable bonds is 3. The zero-order chi connectivity index (χ0) is 14.8. The standard InChI is InChI=1S/C15H22N4O2/c1-12-10-15(19(20)21)14(18-8-4-16-5-9-18)11-13(12)17-6-2-3-7-17/h10-11,16H,2-9H2,1H3. The number of aryl methyl sites for hydroxylation is 1. The van der Waals surface area contributed by atoms with E-state index in [1.165, 1.54) is 12.8 Å². The smallest absolute Gasteiger partial charge is 0.292 e. The number of piperazine rings is 1. The first kappa shape index (κ1) is 14.1. The zero-order valence-electron chi connectivity index (χ0n) is 12.5. The number of nitro groups is 1. The third-order valence-corrected chi connectivity index (χ3v) is 4.39. The lowest BCUT2D eigenvalue weighted by atomic mass is 10.1. The molecular weight excluding hydrogens is 268 g/mol. The van der Waals surface area contributed by atoms with E-state index in [-0.39, 0.29) is 10.6 Å². The fraction of sp³-hybridized carbons (Fsp3) is 0.600. The average Bonchev–Trinajstić information content (AvgIpc) is 3.01. The fourth-order valence-corrected chi connectivity index (χ4v) is 3.27. The van der Waals surface area contributed by atoms with Crippen LogP contribution in [0.4, 0.5) is 17.1 Å². The Morgan fingerprint density at radius 1 is 1.05 bits per heavy atom. The number of nitro benzene ring substituents is 1. The van der Waals surface area contributed by atoms with Crippen molar-refractivity contribution in [2.75, 3.05) is 49.1 Å². The molecule has 0 aromatic heterocycles. The van der Waals surface area contributed by atoms with Gasteiger partial charge >= 0.3 is 0 Å². The van der Waals surface area contributed by atoms with Gasteiger partial charge in [0.25, 0.3) is 5.69 Å². The van der Waals surface area contributed by atoms with Crippen molar-refractivity contribution in [3.63, 3.8) is 0 Å². The van der Waals surface area contributed by atoms with Crippen molar-refractivity contribution in [1.82, 2.24) is 5.32 Å². The fourth-order valence-electron chi connectivity index (χ4n) is 3.27. The number of hydrogen-bond donors (Lipinski definition) is 1. The predicted molar refractivity (Wildman–Crippen MR) is 84.4 cm³/mol. The van der Waals surface area contributed by atoms with Crippen LogP contribution in [0.2, 0.25) is 0 Å². The third-order valence-electron chi connectivity index (χ3n) is 4.39. The maximum absolute atomic E-state index is 11.4. The van der Waals surface area contributed by atoms with Gasteiger partial charge in [-0.2, -0.15) is 0 Å². The lowest BCUT2D eigenvalue weighted by Crippen LogP contribution is -2.43. The Balaban J connectivity index is 2.01. The van der Waals surface area contributed by atoms with Crippen LogP contribution in [0.25, 0.3) is 0 Å². The van der Waals surface area contributed by atoms with Crippen LogP contribution in [0.15, 0.2) is 12.1 Å². The highest BCUT2D eigenvalue weighted by Crippen LogP contribution is 2.36. The summed E-state index contributed by atoms with van der Waals surface area (Å²) in [5.74, 6) is 0. The first-order chi connectivity index (χ1) is 10.2. The Kier molecular flexibility index (Phi) is 3.96. The lowest BCUT2D eigenvalue weighted by molar-refractivity contribution is -0.384. The van der Waals surface area contributed by atoms with Gasteiger partial charge in [0.05, 0.1) is 4.92 Å². The average molecular weight is 290 g/mol. The molecule has 6 nitrogen and oxygen atoms in total. The van der Waals surface area contributed by atoms with E-state index in [1.807, 2.05) is 13.0 Å². The van der Waals surface area contributed by atoms with Crippen LogP contribution in [-0.2, 0) is 0 Å². The van der Waals surface area contributed by atoms with Gasteiger partial charge in [-0.1, -0.05) is 0 Å². The molecule has 1 aromatic carbocycles. The van der Waals surface area contributed by atoms with Crippen LogP contribution in [0.3, 0.4) is 0 Å². The van der Waals surface area contributed by atoms with E-state index in [9.17, 15) is 10.1 Å². The molecule has 2 fully saturated rings. The number of benzene rings is 1. The van der Waals surface area contributed by atoms with Gasteiger partial charge in [0, 0.05) is 51.0 Å². The van der Waals surface area contributed by atoms with E-state index in [1.54, 1.807) is 6.07 Å². The highest BCUT2D eigenvalue weighted by Gasteiger charge is 2.25. The second kappa shape index (κ2) is 5.89. The van der Waals surface area contributed by atoms with Gasteiger partial charge < -0.3 is 15.1 Å². The van der Waals surface area contributed by atoms with Crippen LogP contribution < -0.4 is 15.1 Å². The molecule has 2 aliphatic rings. The second-order valence-corrected chi connectivity index (χ2v) is 5.82. The predicted octanol–water partition coefficient (Wildman–Crippen LogP) is 1.91. The molecule has 0 spiro atoms. The summed E-state index contributed by atoms with van der Waals surface area (Å²) in [6.45, 7) is 7.49. The molecule has 6 heteroatoms. The minimum Gasteiger partial charge on any atom is -0.371 e. The maximum atomic E-state index is 11.4. The minimum absolute atomic E-state index is 0.234. The van der Waals surface area contributed by atoms with Crippen molar-refractivity contribution in [3.8, 4) is 0 Å². The summed E-state index contributed by atoms with van der Waals surface area (Å²) in [4.78, 5) is 15.6. The Bertz CT molecular complexity index is 535. The van der Waals surface area contributed by atoms with E-state index in [2.05, 4.69) is 15.1 Å². The van der Waals surface area contributed by atoms with E-state index in [4.69, 9.17) is 0 Å². The second-order valence-electron chi connectivity index (χ2n) is 5.82. The van der Waals surface area contributed by atoms with Crippen LogP contribution in [0.1, 0.15) is 18.4 Å². The highest BCUT2D eigenvalue weighted by atomic mass is 16.6. The molecule has 114 valence electrons. The Labute approximate surface area is 124 Å². The van der Waals surface area contributed by atoms with Crippen LogP contribution in [-0.4, -0.2) is 44.2 Å². The lowest BCUT2D eigenvalue weighted by Gasteiger charge is -2.30. The van der Waals surface area contributed by atoms with Crippen molar-refractivity contribution >= 4 is 17.1 Å². The van der Waals surface area contributed by atoms with Crippen LogP contribution in [0, 0.1) is 17.0 Å². The summed E-state index contributed by atoms with van der Waals surface area (Å²) in [5, 5.41) is 14.7. The normalized spacial score (nSPS) is 19.1. The van der Waals surface area contributed by atoms with E-state index >= 15 is 0 Å². The van der Waals surface area contributed by atoms with Crippen molar-refractivity contribution in [2.24, 2.45) is 0 Å². The molecule has 2 aliphatic heterocycles. The van der Waals surface area contributed by atoms with E-state index in [0.717, 1.165) is 56.2 Å². The number of nitrogens with zero attached hydrogens (tertiary/aromatic N) is 3. The van der Waals surface area contributed by atoms with Gasteiger partial charge in [-0.25, -0.2) is 0 Å². The SMILES string of the molecule is Cc1cc([N+](=O)[O-])c(N2CCNCC2)cc1N1CCCC1. The van der Waals surface area contributed by atoms with Gasteiger partial charge in [-0.3, -0.25) is 10.1 Å². The Hall–Kier alpha value is -1.82. The van der Waals surface area contributed by atoms with Gasteiger partial charge in [-0.05, 0) is 31.4 Å². The molecule has 3 rings (SSSR count). The molecule has 0 atom stereocenters. The summed E-state index contributed by atoms with van der Waals surface area (Å²) in [5.41, 5.74) is 3.17. The molecule has 0 saturated carbocycles.